The Morgan fingerprint density at radius 3 is 2.28 bits per heavy atom. The Morgan fingerprint density at radius 2 is 1.67 bits per heavy atom. The van der Waals surface area contributed by atoms with Crippen LogP contribution < -0.4 is 10.8 Å². The smallest absolute Gasteiger partial charge is 0.198 e. The summed E-state index contributed by atoms with van der Waals surface area (Å²) in [5.74, 6) is 2.01. The third-order valence-corrected chi connectivity index (χ3v) is 12.7. The lowest BCUT2D eigenvalue weighted by molar-refractivity contribution is 0.273. The van der Waals surface area contributed by atoms with Gasteiger partial charge < -0.3 is 14.6 Å². The Balaban J connectivity index is 1.62. The molecule has 2 unspecified atom stereocenters. The number of rotatable bonds is 15. The normalized spacial score (nSPS) is 21.7. The fourth-order valence-electron chi connectivity index (χ4n) is 8.97. The highest BCUT2D eigenvalue weighted by Crippen LogP contribution is 2.49. The largest absolute Gasteiger partial charge is 0.465 e. The second-order valence-corrected chi connectivity index (χ2v) is 18.9. The van der Waals surface area contributed by atoms with Crippen LogP contribution in [0.4, 0.5) is 0 Å². The minimum Gasteiger partial charge on any atom is -0.465 e. The van der Waals surface area contributed by atoms with E-state index < -0.39 is 0 Å². The highest BCUT2D eigenvalue weighted by molar-refractivity contribution is 6.64. The maximum absolute atomic E-state index is 6.35. The summed E-state index contributed by atoms with van der Waals surface area (Å²) in [6, 6.07) is 4.75. The van der Waals surface area contributed by atoms with E-state index in [0.717, 1.165) is 47.3 Å². The quantitative estimate of drug-likeness (QED) is 0.111. The number of furan rings is 1. The highest BCUT2D eigenvalue weighted by Gasteiger charge is 2.37. The minimum absolute atomic E-state index is 0.101. The first-order valence-electron chi connectivity index (χ1n) is 21.8. The van der Waals surface area contributed by atoms with Crippen molar-refractivity contribution >= 4 is 23.7 Å². The molecule has 0 bridgehead atoms. The number of allylic oxidation sites excluding steroid dienone is 14. The van der Waals surface area contributed by atoms with Gasteiger partial charge in [-0.2, -0.15) is 0 Å². The lowest BCUT2D eigenvalue weighted by atomic mass is 9.60. The zero-order valence-electron chi connectivity index (χ0n) is 37.6. The van der Waals surface area contributed by atoms with Gasteiger partial charge in [-0.1, -0.05) is 124 Å². The van der Waals surface area contributed by atoms with Gasteiger partial charge in [0.15, 0.2) is 7.28 Å². The number of fused-ring (bicyclic) bond motifs is 2. The monoisotopic (exact) mass is 764 g/mol. The van der Waals surface area contributed by atoms with E-state index in [9.17, 15) is 0 Å². The van der Waals surface area contributed by atoms with Crippen LogP contribution in [0.15, 0.2) is 142 Å². The van der Waals surface area contributed by atoms with Crippen molar-refractivity contribution < 1.29 is 4.42 Å². The van der Waals surface area contributed by atoms with Crippen molar-refractivity contribution in [3.05, 3.63) is 148 Å². The molecule has 57 heavy (non-hydrogen) atoms. The summed E-state index contributed by atoms with van der Waals surface area (Å²) in [7, 11) is 2.38. The summed E-state index contributed by atoms with van der Waals surface area (Å²) in [6.45, 7) is 36.9. The predicted octanol–water partition coefficient (Wildman–Crippen LogP) is 14.2. The van der Waals surface area contributed by atoms with Crippen molar-refractivity contribution in [1.29, 1.82) is 0 Å². The van der Waals surface area contributed by atoms with Crippen LogP contribution in [0.1, 0.15) is 145 Å². The molecular formula is C53H72BN2O. The fraction of sp³-hybridized carbons (Fsp3) is 0.472. The molecule has 4 heteroatoms. The Kier molecular flexibility index (Phi) is 14.3. The first-order valence-corrected chi connectivity index (χ1v) is 21.8. The van der Waals surface area contributed by atoms with E-state index in [1.807, 2.05) is 6.26 Å². The zero-order chi connectivity index (χ0) is 41.7. The SMILES string of the molecule is C=CC1=C(/C=C/NC/C=C(\C=C/C)N(C2=C([B]c3coc4cc5c(cc34)C(C)CCC5C)C=C(C(C)C)CC2)/C(=C/C=C/C(C)C)C(=C)C)C(C)(C)CCC1(C)C. The van der Waals surface area contributed by atoms with Crippen LogP contribution in [0, 0.1) is 22.7 Å². The standard InChI is InChI=1S/C53H72BN2O/c1-15-18-41(25-29-55-30-26-46-45(16-2)52(11,12)27-28-53(46,13)14)56(49(37(7)8)20-17-19-35(3)4)50-24-23-40(36(5)6)31-47(50)54-48-34-57-51-33-43-39(10)22-21-38(9)42(43)32-44(48)51/h15-20,25-26,30-36,38-39,55H,2,7,21-24,27-29H2,1,3-6,8-14H3/b18-15-,19-17+,30-26+,41-25+,49-20+. The molecular weight excluding hydrogens is 691 g/mol. The van der Waals surface area contributed by atoms with Gasteiger partial charge in [-0.15, -0.1) is 0 Å². The average Bonchev–Trinajstić information content (AvgIpc) is 3.54. The van der Waals surface area contributed by atoms with E-state index in [2.05, 4.69) is 187 Å². The van der Waals surface area contributed by atoms with Crippen LogP contribution in [0.5, 0.6) is 0 Å². The van der Waals surface area contributed by atoms with Crippen molar-refractivity contribution in [3.63, 3.8) is 0 Å². The summed E-state index contributed by atoms with van der Waals surface area (Å²) in [4.78, 5) is 2.47. The highest BCUT2D eigenvalue weighted by atomic mass is 16.3. The van der Waals surface area contributed by atoms with Gasteiger partial charge in [0, 0.05) is 29.0 Å². The van der Waals surface area contributed by atoms with Crippen LogP contribution >= 0.6 is 0 Å². The second kappa shape index (κ2) is 18.6. The lowest BCUT2D eigenvalue weighted by Crippen LogP contribution is -2.30. The Labute approximate surface area is 348 Å². The molecule has 303 valence electrons. The molecule has 1 N–H and O–H groups in total. The first-order chi connectivity index (χ1) is 27.0. The summed E-state index contributed by atoms with van der Waals surface area (Å²) >= 11 is 0. The Morgan fingerprint density at radius 1 is 1.00 bits per heavy atom. The van der Waals surface area contributed by atoms with Gasteiger partial charge in [0.25, 0.3) is 0 Å². The van der Waals surface area contributed by atoms with Crippen molar-refractivity contribution in [3.8, 4) is 0 Å². The summed E-state index contributed by atoms with van der Waals surface area (Å²) in [5.41, 5.74) is 15.2. The van der Waals surface area contributed by atoms with E-state index in [1.54, 1.807) is 0 Å². The molecule has 0 spiro atoms. The predicted molar refractivity (Wildman–Crippen MR) is 250 cm³/mol. The van der Waals surface area contributed by atoms with Crippen molar-refractivity contribution in [2.45, 2.75) is 133 Å². The van der Waals surface area contributed by atoms with E-state index in [1.165, 1.54) is 63.7 Å². The third kappa shape index (κ3) is 10.1. The van der Waals surface area contributed by atoms with Crippen LogP contribution in [-0.2, 0) is 0 Å². The Bertz CT molecular complexity index is 2060. The number of nitrogens with zero attached hydrogens (tertiary/aromatic N) is 1. The number of nitrogens with one attached hydrogen (secondary N) is 1. The second-order valence-electron chi connectivity index (χ2n) is 18.9. The number of hydrogen-bond donors (Lipinski definition) is 1. The van der Waals surface area contributed by atoms with Gasteiger partial charge in [-0.3, -0.25) is 0 Å². The molecule has 0 saturated carbocycles. The molecule has 2 aromatic rings. The van der Waals surface area contributed by atoms with Crippen molar-refractivity contribution in [1.82, 2.24) is 10.2 Å². The average molecular weight is 764 g/mol. The lowest BCUT2D eigenvalue weighted by Gasteiger charge is -2.42. The Hall–Kier alpha value is -4.18. The van der Waals surface area contributed by atoms with Crippen LogP contribution in [0.3, 0.4) is 0 Å². The minimum atomic E-state index is 0.101. The van der Waals surface area contributed by atoms with Crippen LogP contribution in [0.25, 0.3) is 11.0 Å². The summed E-state index contributed by atoms with van der Waals surface area (Å²) < 4.78 is 6.35. The molecule has 1 aromatic heterocycles. The van der Waals surface area contributed by atoms with E-state index >= 15 is 0 Å². The van der Waals surface area contributed by atoms with Gasteiger partial charge >= 0.3 is 0 Å². The molecule has 1 radical (unpaired) electrons. The first kappa shape index (κ1) is 43.9. The molecule has 5 rings (SSSR count). The molecule has 0 fully saturated rings. The summed E-state index contributed by atoms with van der Waals surface area (Å²) in [6.07, 6.45) is 31.1. The van der Waals surface area contributed by atoms with E-state index in [-0.39, 0.29) is 10.8 Å². The molecule has 0 amide bonds. The van der Waals surface area contributed by atoms with Crippen molar-refractivity contribution in [2.24, 2.45) is 22.7 Å². The number of hydrogen-bond acceptors (Lipinski definition) is 3. The fourth-order valence-corrected chi connectivity index (χ4v) is 8.97. The van der Waals surface area contributed by atoms with Crippen LogP contribution in [0.2, 0.25) is 0 Å². The van der Waals surface area contributed by atoms with E-state index in [0.29, 0.717) is 30.2 Å². The van der Waals surface area contributed by atoms with Crippen LogP contribution in [-0.4, -0.2) is 18.7 Å². The molecule has 3 aliphatic carbocycles. The molecule has 3 aliphatic rings. The van der Waals surface area contributed by atoms with Gasteiger partial charge in [0.2, 0.25) is 0 Å². The molecule has 0 aliphatic heterocycles. The summed E-state index contributed by atoms with van der Waals surface area (Å²) in [5, 5.41) is 4.85. The third-order valence-electron chi connectivity index (χ3n) is 12.7. The maximum atomic E-state index is 6.35. The van der Waals surface area contributed by atoms with Crippen molar-refractivity contribution in [2.75, 3.05) is 6.54 Å². The van der Waals surface area contributed by atoms with Gasteiger partial charge in [0.1, 0.15) is 5.58 Å². The van der Waals surface area contributed by atoms with E-state index in [4.69, 9.17) is 4.42 Å². The molecule has 1 heterocycles. The topological polar surface area (TPSA) is 28.4 Å². The molecule has 3 nitrogen and oxygen atoms in total. The van der Waals surface area contributed by atoms with Gasteiger partial charge in [-0.25, -0.2) is 0 Å². The van der Waals surface area contributed by atoms with Gasteiger partial charge in [-0.05, 0) is 163 Å². The maximum Gasteiger partial charge on any atom is 0.198 e. The van der Waals surface area contributed by atoms with Gasteiger partial charge in [0.05, 0.1) is 6.26 Å². The molecule has 0 saturated heterocycles. The number of benzene rings is 1. The molecule has 2 atom stereocenters. The molecule has 1 aromatic carbocycles. The zero-order valence-corrected chi connectivity index (χ0v) is 37.6.